The number of fused-ring (bicyclic) bond motifs is 1. The number of aromatic nitrogens is 3. The Labute approximate surface area is 109 Å². The Balaban J connectivity index is 2.19. The highest BCUT2D eigenvalue weighted by molar-refractivity contribution is 6.29. The van der Waals surface area contributed by atoms with E-state index >= 15 is 0 Å². The molecule has 18 heavy (non-hydrogen) atoms. The molecule has 3 nitrogen and oxygen atoms in total. The van der Waals surface area contributed by atoms with E-state index in [0.717, 1.165) is 22.2 Å². The topological polar surface area (TPSA) is 38.7 Å². The maximum atomic E-state index is 5.95. The molecule has 2 heterocycles. The molecule has 0 fully saturated rings. The average molecular weight is 256 g/mol. The van der Waals surface area contributed by atoms with Crippen molar-refractivity contribution in [3.05, 3.63) is 53.4 Å². The quantitative estimate of drug-likeness (QED) is 0.623. The van der Waals surface area contributed by atoms with Crippen LogP contribution in [-0.2, 0) is 0 Å². The molecular formula is C14H10ClN3. The fourth-order valence-corrected chi connectivity index (χ4v) is 2.11. The van der Waals surface area contributed by atoms with E-state index in [2.05, 4.69) is 15.0 Å². The first-order chi connectivity index (χ1) is 8.72. The van der Waals surface area contributed by atoms with Crippen molar-refractivity contribution < 1.29 is 0 Å². The van der Waals surface area contributed by atoms with Crippen molar-refractivity contribution in [2.75, 3.05) is 0 Å². The molecular weight excluding hydrogens is 246 g/mol. The molecule has 0 spiro atoms. The fourth-order valence-electron chi connectivity index (χ4n) is 1.87. The Bertz CT molecular complexity index is 705. The monoisotopic (exact) mass is 255 g/mol. The fraction of sp³-hybridized carbons (Fsp3) is 0.0714. The molecule has 0 N–H and O–H groups in total. The van der Waals surface area contributed by atoms with Crippen LogP contribution in [-0.4, -0.2) is 15.0 Å². The second-order valence-electron chi connectivity index (χ2n) is 4.07. The molecule has 3 rings (SSSR count). The highest BCUT2D eigenvalue weighted by atomic mass is 35.5. The smallest absolute Gasteiger partial charge is 0.161 e. The van der Waals surface area contributed by atoms with Crippen LogP contribution in [0.1, 0.15) is 5.69 Å². The molecule has 0 radical (unpaired) electrons. The first kappa shape index (κ1) is 11.1. The number of hydrogen-bond acceptors (Lipinski definition) is 3. The molecule has 0 amide bonds. The van der Waals surface area contributed by atoms with Crippen LogP contribution in [0.3, 0.4) is 0 Å². The summed E-state index contributed by atoms with van der Waals surface area (Å²) in [5.41, 5.74) is 2.76. The molecule has 0 aliphatic rings. The lowest BCUT2D eigenvalue weighted by Gasteiger charge is -2.03. The first-order valence-corrected chi connectivity index (χ1v) is 5.96. The summed E-state index contributed by atoms with van der Waals surface area (Å²) in [7, 11) is 0. The molecule has 0 bridgehead atoms. The Kier molecular flexibility index (Phi) is 2.68. The van der Waals surface area contributed by atoms with Gasteiger partial charge in [-0.3, -0.25) is 4.98 Å². The Morgan fingerprint density at radius 1 is 1.06 bits per heavy atom. The van der Waals surface area contributed by atoms with Crippen molar-refractivity contribution in [3.63, 3.8) is 0 Å². The number of hydrogen-bond donors (Lipinski definition) is 0. The predicted molar refractivity (Wildman–Crippen MR) is 72.5 cm³/mol. The number of pyridine rings is 1. The minimum atomic E-state index is 0.462. The Morgan fingerprint density at radius 3 is 2.78 bits per heavy atom. The zero-order valence-electron chi connectivity index (χ0n) is 9.76. The van der Waals surface area contributed by atoms with Crippen LogP contribution in [0.2, 0.25) is 5.15 Å². The maximum Gasteiger partial charge on any atom is 0.161 e. The molecule has 0 aliphatic heterocycles. The summed E-state index contributed by atoms with van der Waals surface area (Å²) >= 11 is 5.95. The van der Waals surface area contributed by atoms with Crippen LogP contribution in [0.15, 0.2) is 42.6 Å². The minimum absolute atomic E-state index is 0.462. The van der Waals surface area contributed by atoms with Gasteiger partial charge in [0.15, 0.2) is 5.82 Å². The van der Waals surface area contributed by atoms with Crippen LogP contribution in [0.25, 0.3) is 22.3 Å². The van der Waals surface area contributed by atoms with Crippen LogP contribution in [0.4, 0.5) is 0 Å². The largest absolute Gasteiger partial charge is 0.256 e. The number of nitrogens with zero attached hydrogens (tertiary/aromatic N) is 3. The Morgan fingerprint density at radius 2 is 1.94 bits per heavy atom. The van der Waals surface area contributed by atoms with Crippen molar-refractivity contribution in [2.45, 2.75) is 6.92 Å². The highest BCUT2D eigenvalue weighted by Crippen LogP contribution is 2.22. The molecule has 0 aliphatic carbocycles. The third-order valence-electron chi connectivity index (χ3n) is 2.68. The van der Waals surface area contributed by atoms with Gasteiger partial charge < -0.3 is 0 Å². The molecule has 0 saturated heterocycles. The van der Waals surface area contributed by atoms with Crippen LogP contribution < -0.4 is 0 Å². The summed E-state index contributed by atoms with van der Waals surface area (Å²) in [6.07, 6.45) is 1.78. The van der Waals surface area contributed by atoms with E-state index in [1.165, 1.54) is 0 Å². The molecule has 0 saturated carbocycles. The van der Waals surface area contributed by atoms with Crippen molar-refractivity contribution in [2.24, 2.45) is 0 Å². The molecule has 0 atom stereocenters. The average Bonchev–Trinajstić information content (AvgIpc) is 2.37. The standard InChI is InChI=1S/C14H10ClN3/c1-9-7-13(15)18-14(17-9)11-4-5-12-10(8-11)3-2-6-16-12/h2-8H,1H3. The van der Waals surface area contributed by atoms with Gasteiger partial charge in [-0.2, -0.15) is 0 Å². The van der Waals surface area contributed by atoms with Gasteiger partial charge in [-0.1, -0.05) is 17.7 Å². The minimum Gasteiger partial charge on any atom is -0.256 e. The summed E-state index contributed by atoms with van der Waals surface area (Å²) in [6.45, 7) is 1.90. The lowest BCUT2D eigenvalue weighted by Crippen LogP contribution is -1.92. The van der Waals surface area contributed by atoms with Gasteiger partial charge in [0.1, 0.15) is 5.15 Å². The van der Waals surface area contributed by atoms with E-state index in [0.29, 0.717) is 11.0 Å². The van der Waals surface area contributed by atoms with Crippen molar-refractivity contribution in [1.82, 2.24) is 15.0 Å². The van der Waals surface area contributed by atoms with E-state index in [1.807, 2.05) is 37.3 Å². The maximum absolute atomic E-state index is 5.95. The van der Waals surface area contributed by atoms with Crippen molar-refractivity contribution >= 4 is 22.5 Å². The van der Waals surface area contributed by atoms with Gasteiger partial charge in [0, 0.05) is 22.8 Å². The number of halogens is 1. The normalized spacial score (nSPS) is 10.8. The molecule has 3 aromatic rings. The van der Waals surface area contributed by atoms with Gasteiger partial charge >= 0.3 is 0 Å². The highest BCUT2D eigenvalue weighted by Gasteiger charge is 2.05. The van der Waals surface area contributed by atoms with Crippen LogP contribution >= 0.6 is 11.6 Å². The SMILES string of the molecule is Cc1cc(Cl)nc(-c2ccc3ncccc3c2)n1. The summed E-state index contributed by atoms with van der Waals surface area (Å²) < 4.78 is 0. The second kappa shape index (κ2) is 4.35. The third-order valence-corrected chi connectivity index (χ3v) is 2.88. The van der Waals surface area contributed by atoms with Gasteiger partial charge in [0.05, 0.1) is 5.52 Å². The van der Waals surface area contributed by atoms with E-state index in [1.54, 1.807) is 12.3 Å². The number of rotatable bonds is 1. The lowest BCUT2D eigenvalue weighted by atomic mass is 10.1. The van der Waals surface area contributed by atoms with Gasteiger partial charge in [0.2, 0.25) is 0 Å². The molecule has 1 aromatic carbocycles. The van der Waals surface area contributed by atoms with Gasteiger partial charge in [-0.05, 0) is 37.3 Å². The zero-order valence-corrected chi connectivity index (χ0v) is 10.5. The van der Waals surface area contributed by atoms with E-state index in [4.69, 9.17) is 11.6 Å². The van der Waals surface area contributed by atoms with Crippen LogP contribution in [0.5, 0.6) is 0 Å². The molecule has 88 valence electrons. The van der Waals surface area contributed by atoms with Crippen molar-refractivity contribution in [1.29, 1.82) is 0 Å². The number of benzene rings is 1. The number of aryl methyl sites for hydroxylation is 1. The first-order valence-electron chi connectivity index (χ1n) is 5.59. The molecule has 2 aromatic heterocycles. The van der Waals surface area contributed by atoms with E-state index in [9.17, 15) is 0 Å². The van der Waals surface area contributed by atoms with Crippen LogP contribution in [0, 0.1) is 6.92 Å². The zero-order chi connectivity index (χ0) is 12.5. The summed E-state index contributed by atoms with van der Waals surface area (Å²) in [5, 5.41) is 1.53. The third kappa shape index (κ3) is 2.05. The summed E-state index contributed by atoms with van der Waals surface area (Å²) in [5.74, 6) is 0.644. The molecule has 4 heteroatoms. The lowest BCUT2D eigenvalue weighted by molar-refractivity contribution is 1.11. The van der Waals surface area contributed by atoms with Gasteiger partial charge in [0.25, 0.3) is 0 Å². The van der Waals surface area contributed by atoms with Gasteiger partial charge in [-0.25, -0.2) is 9.97 Å². The predicted octanol–water partition coefficient (Wildman–Crippen LogP) is 3.65. The Hall–Kier alpha value is -2.00. The van der Waals surface area contributed by atoms with E-state index < -0.39 is 0 Å². The van der Waals surface area contributed by atoms with Crippen molar-refractivity contribution in [3.8, 4) is 11.4 Å². The molecule has 0 unspecified atom stereocenters. The van der Waals surface area contributed by atoms with Gasteiger partial charge in [-0.15, -0.1) is 0 Å². The summed E-state index contributed by atoms with van der Waals surface area (Å²) in [6, 6.07) is 11.6. The van der Waals surface area contributed by atoms with E-state index in [-0.39, 0.29) is 0 Å². The summed E-state index contributed by atoms with van der Waals surface area (Å²) in [4.78, 5) is 12.9. The second-order valence-corrected chi connectivity index (χ2v) is 4.45.